The molecule has 1 aromatic carbocycles. The van der Waals surface area contributed by atoms with Crippen LogP contribution in [0.15, 0.2) is 18.2 Å². The maximum absolute atomic E-state index is 5.79. The number of morpholine rings is 1. The zero-order chi connectivity index (χ0) is 12.8. The summed E-state index contributed by atoms with van der Waals surface area (Å²) in [5.74, 6) is 0.778. The Hall–Kier alpha value is -1.30. The first-order valence-corrected chi connectivity index (χ1v) is 6.14. The molecule has 5 heteroatoms. The molecule has 1 atom stereocenters. The number of benzene rings is 1. The van der Waals surface area contributed by atoms with Crippen LogP contribution in [0.4, 0.5) is 5.69 Å². The van der Waals surface area contributed by atoms with Gasteiger partial charge in [-0.25, -0.2) is 0 Å². The van der Waals surface area contributed by atoms with Crippen molar-refractivity contribution in [1.29, 1.82) is 0 Å². The lowest BCUT2D eigenvalue weighted by Gasteiger charge is -2.25. The van der Waals surface area contributed by atoms with Crippen LogP contribution in [0.25, 0.3) is 0 Å². The molecule has 1 unspecified atom stereocenters. The molecule has 1 fully saturated rings. The highest BCUT2D eigenvalue weighted by atomic mass is 16.5. The molecule has 2 rings (SSSR count). The van der Waals surface area contributed by atoms with E-state index in [2.05, 4.69) is 5.32 Å². The number of rotatable bonds is 5. The molecule has 0 aliphatic carbocycles. The van der Waals surface area contributed by atoms with Gasteiger partial charge in [-0.15, -0.1) is 0 Å². The van der Waals surface area contributed by atoms with Crippen molar-refractivity contribution in [2.75, 3.05) is 45.8 Å². The Labute approximate surface area is 107 Å². The molecule has 1 aliphatic heterocycles. The van der Waals surface area contributed by atoms with Gasteiger partial charge >= 0.3 is 0 Å². The lowest BCUT2D eigenvalue weighted by Crippen LogP contribution is -2.33. The van der Waals surface area contributed by atoms with Gasteiger partial charge in [-0.1, -0.05) is 6.07 Å². The lowest BCUT2D eigenvalue weighted by molar-refractivity contribution is 0.0254. The van der Waals surface area contributed by atoms with Crippen LogP contribution >= 0.6 is 0 Å². The molecule has 0 amide bonds. The number of nitrogen functional groups attached to an aromatic ring is 1. The molecule has 0 bridgehead atoms. The fourth-order valence-electron chi connectivity index (χ4n) is 1.94. The van der Waals surface area contributed by atoms with Crippen LogP contribution in [0.1, 0.15) is 11.7 Å². The summed E-state index contributed by atoms with van der Waals surface area (Å²) < 4.78 is 16.4. The van der Waals surface area contributed by atoms with E-state index in [1.54, 1.807) is 7.11 Å². The third-order valence-corrected chi connectivity index (χ3v) is 2.86. The van der Waals surface area contributed by atoms with Crippen LogP contribution in [0.3, 0.4) is 0 Å². The van der Waals surface area contributed by atoms with E-state index in [0.29, 0.717) is 25.5 Å². The molecule has 0 radical (unpaired) electrons. The van der Waals surface area contributed by atoms with E-state index in [0.717, 1.165) is 24.4 Å². The molecular formula is C13H20N2O3. The molecule has 100 valence electrons. The van der Waals surface area contributed by atoms with Crippen molar-refractivity contribution in [3.8, 4) is 5.75 Å². The minimum absolute atomic E-state index is 0.0249. The van der Waals surface area contributed by atoms with Gasteiger partial charge in [0.1, 0.15) is 12.4 Å². The lowest BCUT2D eigenvalue weighted by atomic mass is 10.1. The van der Waals surface area contributed by atoms with Crippen LogP contribution < -0.4 is 15.8 Å². The summed E-state index contributed by atoms with van der Waals surface area (Å²) in [6.45, 7) is 3.47. The topological polar surface area (TPSA) is 65.7 Å². The first-order chi connectivity index (χ1) is 8.81. The van der Waals surface area contributed by atoms with Crippen LogP contribution in [0, 0.1) is 0 Å². The Morgan fingerprint density at radius 1 is 1.44 bits per heavy atom. The summed E-state index contributed by atoms with van der Waals surface area (Å²) in [5.41, 5.74) is 7.52. The average molecular weight is 252 g/mol. The monoisotopic (exact) mass is 252 g/mol. The van der Waals surface area contributed by atoms with Crippen molar-refractivity contribution in [3.05, 3.63) is 23.8 Å². The molecule has 3 N–H and O–H groups in total. The first kappa shape index (κ1) is 13.1. The predicted molar refractivity (Wildman–Crippen MR) is 69.8 cm³/mol. The minimum Gasteiger partial charge on any atom is -0.491 e. The SMILES string of the molecule is COCCOc1cc(N)ccc1C1CNCCO1. The Bertz CT molecular complexity index is 378. The molecule has 1 heterocycles. The number of nitrogens with two attached hydrogens (primary N) is 1. The second-order valence-electron chi connectivity index (χ2n) is 4.20. The second-order valence-corrected chi connectivity index (χ2v) is 4.20. The summed E-state index contributed by atoms with van der Waals surface area (Å²) in [6, 6.07) is 5.68. The highest BCUT2D eigenvalue weighted by Crippen LogP contribution is 2.30. The van der Waals surface area contributed by atoms with E-state index in [4.69, 9.17) is 19.9 Å². The first-order valence-electron chi connectivity index (χ1n) is 6.14. The number of nitrogens with one attached hydrogen (secondary N) is 1. The van der Waals surface area contributed by atoms with Gasteiger partial charge in [0.15, 0.2) is 0 Å². The van der Waals surface area contributed by atoms with E-state index in [1.165, 1.54) is 0 Å². The quantitative estimate of drug-likeness (QED) is 0.603. The number of anilines is 1. The number of hydrogen-bond donors (Lipinski definition) is 2. The summed E-state index contributed by atoms with van der Waals surface area (Å²) >= 11 is 0. The molecule has 1 saturated heterocycles. The average Bonchev–Trinajstić information content (AvgIpc) is 2.40. The Morgan fingerprint density at radius 2 is 2.33 bits per heavy atom. The fraction of sp³-hybridized carbons (Fsp3) is 0.538. The third kappa shape index (κ3) is 3.35. The Morgan fingerprint density at radius 3 is 3.06 bits per heavy atom. The van der Waals surface area contributed by atoms with E-state index in [1.807, 2.05) is 18.2 Å². The molecule has 5 nitrogen and oxygen atoms in total. The standard InChI is InChI=1S/C13H20N2O3/c1-16-6-7-18-12-8-10(14)2-3-11(12)13-9-15-4-5-17-13/h2-3,8,13,15H,4-7,9,14H2,1H3. The predicted octanol–water partition coefficient (Wildman–Crippen LogP) is 0.955. The number of methoxy groups -OCH3 is 1. The van der Waals surface area contributed by atoms with Crippen LogP contribution in [-0.2, 0) is 9.47 Å². The molecule has 1 aromatic rings. The summed E-state index contributed by atoms with van der Waals surface area (Å²) in [6.07, 6.45) is 0.0249. The Balaban J connectivity index is 2.11. The highest BCUT2D eigenvalue weighted by molar-refractivity contribution is 5.49. The van der Waals surface area contributed by atoms with E-state index >= 15 is 0 Å². The van der Waals surface area contributed by atoms with Gasteiger partial charge in [0.05, 0.1) is 19.3 Å². The molecule has 1 aliphatic rings. The molecule has 0 spiro atoms. The number of ether oxygens (including phenoxy) is 3. The van der Waals surface area contributed by atoms with Gasteiger partial charge < -0.3 is 25.3 Å². The largest absolute Gasteiger partial charge is 0.491 e. The second kappa shape index (κ2) is 6.58. The highest BCUT2D eigenvalue weighted by Gasteiger charge is 2.19. The van der Waals surface area contributed by atoms with Gasteiger partial charge in [0, 0.05) is 37.5 Å². The van der Waals surface area contributed by atoms with Crippen LogP contribution in [-0.4, -0.2) is 40.0 Å². The van der Waals surface area contributed by atoms with Crippen LogP contribution in [0.2, 0.25) is 0 Å². The van der Waals surface area contributed by atoms with Gasteiger partial charge in [-0.05, 0) is 6.07 Å². The van der Waals surface area contributed by atoms with E-state index in [9.17, 15) is 0 Å². The minimum atomic E-state index is 0.0249. The van der Waals surface area contributed by atoms with Gasteiger partial charge in [-0.2, -0.15) is 0 Å². The summed E-state index contributed by atoms with van der Waals surface area (Å²) in [5, 5.41) is 3.31. The summed E-state index contributed by atoms with van der Waals surface area (Å²) in [7, 11) is 1.65. The van der Waals surface area contributed by atoms with Crippen molar-refractivity contribution in [2.45, 2.75) is 6.10 Å². The van der Waals surface area contributed by atoms with Crippen molar-refractivity contribution in [2.24, 2.45) is 0 Å². The van der Waals surface area contributed by atoms with Crippen molar-refractivity contribution >= 4 is 5.69 Å². The maximum Gasteiger partial charge on any atom is 0.127 e. The molecule has 18 heavy (non-hydrogen) atoms. The van der Waals surface area contributed by atoms with Gasteiger partial charge in [-0.3, -0.25) is 0 Å². The van der Waals surface area contributed by atoms with Crippen molar-refractivity contribution < 1.29 is 14.2 Å². The Kier molecular flexibility index (Phi) is 4.81. The molecular weight excluding hydrogens is 232 g/mol. The summed E-state index contributed by atoms with van der Waals surface area (Å²) in [4.78, 5) is 0. The van der Waals surface area contributed by atoms with Crippen LogP contribution in [0.5, 0.6) is 5.75 Å². The van der Waals surface area contributed by atoms with E-state index < -0.39 is 0 Å². The van der Waals surface area contributed by atoms with Crippen molar-refractivity contribution in [1.82, 2.24) is 5.32 Å². The molecule has 0 aromatic heterocycles. The smallest absolute Gasteiger partial charge is 0.127 e. The third-order valence-electron chi connectivity index (χ3n) is 2.86. The van der Waals surface area contributed by atoms with Gasteiger partial charge in [0.25, 0.3) is 0 Å². The fourth-order valence-corrected chi connectivity index (χ4v) is 1.94. The zero-order valence-corrected chi connectivity index (χ0v) is 10.6. The zero-order valence-electron chi connectivity index (χ0n) is 10.6. The number of hydrogen-bond acceptors (Lipinski definition) is 5. The van der Waals surface area contributed by atoms with Crippen molar-refractivity contribution in [3.63, 3.8) is 0 Å². The molecule has 0 saturated carbocycles. The van der Waals surface area contributed by atoms with Gasteiger partial charge in [0.2, 0.25) is 0 Å². The maximum atomic E-state index is 5.79. The van der Waals surface area contributed by atoms with E-state index in [-0.39, 0.29) is 6.10 Å². The normalized spacial score (nSPS) is 19.7.